The van der Waals surface area contributed by atoms with Gasteiger partial charge in [0.15, 0.2) is 0 Å². The van der Waals surface area contributed by atoms with E-state index < -0.39 is 0 Å². The number of hydrogen-bond acceptors (Lipinski definition) is 5. The van der Waals surface area contributed by atoms with Gasteiger partial charge in [0.25, 0.3) is 0 Å². The van der Waals surface area contributed by atoms with Gasteiger partial charge in [0, 0.05) is 16.9 Å². The molecule has 0 aromatic carbocycles. The Labute approximate surface area is 96.3 Å². The highest BCUT2D eigenvalue weighted by molar-refractivity contribution is 7.08. The summed E-state index contributed by atoms with van der Waals surface area (Å²) >= 11 is 1.58. The monoisotopic (exact) mass is 234 g/mol. The van der Waals surface area contributed by atoms with Crippen LogP contribution in [-0.4, -0.2) is 15.9 Å². The Morgan fingerprint density at radius 3 is 3.12 bits per heavy atom. The molecule has 0 spiro atoms. The smallest absolute Gasteiger partial charge is 0.234 e. The minimum atomic E-state index is 0.223. The first kappa shape index (κ1) is 9.72. The predicted octanol–water partition coefficient (Wildman–Crippen LogP) is 2.32. The third-order valence-corrected chi connectivity index (χ3v) is 3.29. The van der Waals surface area contributed by atoms with E-state index in [1.165, 1.54) is 0 Å². The first-order valence-electron chi connectivity index (χ1n) is 5.21. The molecule has 1 aliphatic carbocycles. The third-order valence-electron chi connectivity index (χ3n) is 2.61. The molecule has 0 unspecified atom stereocenters. The first-order chi connectivity index (χ1) is 7.83. The van der Waals surface area contributed by atoms with Crippen molar-refractivity contribution in [3.8, 4) is 11.4 Å². The summed E-state index contributed by atoms with van der Waals surface area (Å²) in [6.07, 6.45) is 2.32. The molecule has 4 nitrogen and oxygen atoms in total. The Kier molecular flexibility index (Phi) is 2.32. The molecular weight excluding hydrogens is 224 g/mol. The number of Topliss-reactive ketones (excluding diaryl/α,β-unsaturated/α-hetero) is 1. The predicted molar refractivity (Wildman–Crippen MR) is 59.0 cm³/mol. The number of carbonyl (C=O) groups is 1. The topological polar surface area (TPSA) is 56.0 Å². The number of rotatable bonds is 4. The van der Waals surface area contributed by atoms with Crippen molar-refractivity contribution in [3.63, 3.8) is 0 Å². The maximum atomic E-state index is 11.5. The molecule has 0 N–H and O–H groups in total. The van der Waals surface area contributed by atoms with Crippen molar-refractivity contribution in [2.45, 2.75) is 19.3 Å². The fraction of sp³-hybridized carbons (Fsp3) is 0.364. The van der Waals surface area contributed by atoms with E-state index in [2.05, 4.69) is 10.1 Å². The summed E-state index contributed by atoms with van der Waals surface area (Å²) in [5.41, 5.74) is 0.943. The van der Waals surface area contributed by atoms with E-state index in [1.54, 1.807) is 11.3 Å². The van der Waals surface area contributed by atoms with Crippen molar-refractivity contribution in [3.05, 3.63) is 22.7 Å². The van der Waals surface area contributed by atoms with Crippen LogP contribution in [0.15, 0.2) is 21.3 Å². The lowest BCUT2D eigenvalue weighted by Gasteiger charge is -1.90. The van der Waals surface area contributed by atoms with Crippen molar-refractivity contribution in [2.24, 2.45) is 5.92 Å². The van der Waals surface area contributed by atoms with Crippen molar-refractivity contribution >= 4 is 17.1 Å². The van der Waals surface area contributed by atoms with Gasteiger partial charge >= 0.3 is 0 Å². The molecule has 3 rings (SSSR count). The van der Waals surface area contributed by atoms with Gasteiger partial charge in [-0.25, -0.2) is 0 Å². The van der Waals surface area contributed by atoms with Crippen LogP contribution in [0.4, 0.5) is 0 Å². The Hall–Kier alpha value is -1.49. The van der Waals surface area contributed by atoms with Gasteiger partial charge in [-0.3, -0.25) is 4.79 Å². The van der Waals surface area contributed by atoms with Crippen LogP contribution in [0.5, 0.6) is 0 Å². The maximum absolute atomic E-state index is 11.5. The zero-order valence-corrected chi connectivity index (χ0v) is 9.37. The Bertz CT molecular complexity index is 500. The molecule has 5 heteroatoms. The van der Waals surface area contributed by atoms with E-state index in [9.17, 15) is 4.79 Å². The summed E-state index contributed by atoms with van der Waals surface area (Å²) in [5.74, 6) is 1.47. The van der Waals surface area contributed by atoms with E-state index in [1.807, 2.05) is 16.8 Å². The molecule has 1 fully saturated rings. The zero-order valence-electron chi connectivity index (χ0n) is 8.55. The third kappa shape index (κ3) is 1.90. The summed E-state index contributed by atoms with van der Waals surface area (Å²) in [5, 5.41) is 7.77. The van der Waals surface area contributed by atoms with E-state index in [0.29, 0.717) is 11.7 Å². The molecule has 0 amide bonds. The largest absolute Gasteiger partial charge is 0.338 e. The summed E-state index contributed by atoms with van der Waals surface area (Å²) in [6, 6.07) is 1.93. The lowest BCUT2D eigenvalue weighted by Crippen LogP contribution is -2.04. The molecule has 1 saturated carbocycles. The van der Waals surface area contributed by atoms with Crippen LogP contribution < -0.4 is 0 Å². The Morgan fingerprint density at radius 1 is 1.56 bits per heavy atom. The fourth-order valence-electron chi connectivity index (χ4n) is 1.53. The zero-order chi connectivity index (χ0) is 11.0. The minimum absolute atomic E-state index is 0.223. The normalized spacial score (nSPS) is 15.2. The van der Waals surface area contributed by atoms with Gasteiger partial charge in [-0.05, 0) is 24.3 Å². The summed E-state index contributed by atoms with van der Waals surface area (Å²) in [6.45, 7) is 0. The second-order valence-corrected chi connectivity index (χ2v) is 4.72. The van der Waals surface area contributed by atoms with Crippen LogP contribution in [0, 0.1) is 5.92 Å². The molecule has 0 aliphatic heterocycles. The van der Waals surface area contributed by atoms with Gasteiger partial charge in [0.05, 0.1) is 6.42 Å². The molecule has 1 aliphatic rings. The number of hydrogen-bond donors (Lipinski definition) is 0. The maximum Gasteiger partial charge on any atom is 0.234 e. The van der Waals surface area contributed by atoms with E-state index in [4.69, 9.17) is 4.52 Å². The van der Waals surface area contributed by atoms with E-state index in [-0.39, 0.29) is 18.1 Å². The van der Waals surface area contributed by atoms with Crippen molar-refractivity contribution in [1.82, 2.24) is 10.1 Å². The van der Waals surface area contributed by atoms with Crippen LogP contribution in [0.1, 0.15) is 18.7 Å². The summed E-state index contributed by atoms with van der Waals surface area (Å²) in [4.78, 5) is 15.8. The highest BCUT2D eigenvalue weighted by Crippen LogP contribution is 2.31. The second-order valence-electron chi connectivity index (χ2n) is 3.94. The van der Waals surface area contributed by atoms with Gasteiger partial charge in [-0.1, -0.05) is 5.16 Å². The lowest BCUT2D eigenvalue weighted by molar-refractivity contribution is -0.119. The van der Waals surface area contributed by atoms with Crippen LogP contribution in [0.2, 0.25) is 0 Å². The standard InChI is InChI=1S/C11H10N2O2S/c14-9(7-1-2-7)5-10-12-11(13-15-10)8-3-4-16-6-8/h3-4,6-7H,1-2,5H2. The van der Waals surface area contributed by atoms with Gasteiger partial charge in [-0.2, -0.15) is 16.3 Å². The number of ketones is 1. The molecule has 82 valence electrons. The number of nitrogens with zero attached hydrogens (tertiary/aromatic N) is 2. The fourth-order valence-corrected chi connectivity index (χ4v) is 2.17. The minimum Gasteiger partial charge on any atom is -0.338 e. The molecule has 16 heavy (non-hydrogen) atoms. The Balaban J connectivity index is 1.75. The highest BCUT2D eigenvalue weighted by atomic mass is 32.1. The molecule has 0 radical (unpaired) electrons. The average molecular weight is 234 g/mol. The van der Waals surface area contributed by atoms with Crippen LogP contribution in [-0.2, 0) is 11.2 Å². The van der Waals surface area contributed by atoms with Crippen LogP contribution >= 0.6 is 11.3 Å². The van der Waals surface area contributed by atoms with E-state index in [0.717, 1.165) is 18.4 Å². The second kappa shape index (κ2) is 3.83. The van der Waals surface area contributed by atoms with Crippen LogP contribution in [0.3, 0.4) is 0 Å². The Morgan fingerprint density at radius 2 is 2.44 bits per heavy atom. The van der Waals surface area contributed by atoms with Gasteiger partial charge in [0.2, 0.25) is 11.7 Å². The summed E-state index contributed by atoms with van der Waals surface area (Å²) < 4.78 is 5.06. The molecule has 2 aromatic heterocycles. The number of aromatic nitrogens is 2. The summed E-state index contributed by atoms with van der Waals surface area (Å²) in [7, 11) is 0. The van der Waals surface area contributed by atoms with Crippen molar-refractivity contribution in [2.75, 3.05) is 0 Å². The highest BCUT2D eigenvalue weighted by Gasteiger charge is 2.30. The molecular formula is C11H10N2O2S. The molecule has 0 saturated heterocycles. The molecule has 2 heterocycles. The molecule has 0 atom stereocenters. The van der Waals surface area contributed by atoms with Crippen molar-refractivity contribution < 1.29 is 9.32 Å². The lowest BCUT2D eigenvalue weighted by atomic mass is 10.2. The number of thiophene rings is 1. The van der Waals surface area contributed by atoms with Gasteiger partial charge in [-0.15, -0.1) is 0 Å². The van der Waals surface area contributed by atoms with Crippen molar-refractivity contribution in [1.29, 1.82) is 0 Å². The van der Waals surface area contributed by atoms with Gasteiger partial charge < -0.3 is 4.52 Å². The SMILES string of the molecule is O=C(Cc1nc(-c2ccsc2)no1)C1CC1. The number of carbonyl (C=O) groups excluding carboxylic acids is 1. The van der Waals surface area contributed by atoms with E-state index >= 15 is 0 Å². The quantitative estimate of drug-likeness (QED) is 0.814. The van der Waals surface area contributed by atoms with Gasteiger partial charge in [0.1, 0.15) is 5.78 Å². The first-order valence-corrected chi connectivity index (χ1v) is 6.15. The molecule has 2 aromatic rings. The average Bonchev–Trinajstić information content (AvgIpc) is 2.80. The van der Waals surface area contributed by atoms with Crippen LogP contribution in [0.25, 0.3) is 11.4 Å². The molecule has 0 bridgehead atoms.